The van der Waals surface area contributed by atoms with E-state index in [0.29, 0.717) is 22.2 Å². The molecule has 0 atom stereocenters. The van der Waals surface area contributed by atoms with E-state index in [2.05, 4.69) is 22.0 Å². The van der Waals surface area contributed by atoms with Gasteiger partial charge in [0.25, 0.3) is 0 Å². The second-order valence-corrected chi connectivity index (χ2v) is 4.95. The van der Waals surface area contributed by atoms with Gasteiger partial charge in [-0.1, -0.05) is 24.3 Å². The summed E-state index contributed by atoms with van der Waals surface area (Å²) in [5.41, 5.74) is 3.05. The van der Waals surface area contributed by atoms with Crippen LogP contribution in [-0.4, -0.2) is 12.2 Å². The largest absolute Gasteiger partial charge is 0.506 e. The number of nitrogens with zero attached hydrogens (tertiary/aromatic N) is 1. The minimum Gasteiger partial charge on any atom is -0.506 e. The molecule has 2 aromatic carbocycles. The van der Waals surface area contributed by atoms with Crippen molar-refractivity contribution in [3.05, 3.63) is 52.0 Å². The lowest BCUT2D eigenvalue weighted by Gasteiger charge is -2.08. The van der Waals surface area contributed by atoms with Crippen LogP contribution in [0, 0.1) is 11.3 Å². The lowest BCUT2D eigenvalue weighted by atomic mass is 10.0. The molecule has 0 saturated carbocycles. The fourth-order valence-corrected chi connectivity index (χ4v) is 2.29. The van der Waals surface area contributed by atoms with E-state index in [1.54, 1.807) is 19.2 Å². The summed E-state index contributed by atoms with van der Waals surface area (Å²) in [5, 5.41) is 19.0. The molecule has 0 radical (unpaired) electrons. The molecular weight excluding hydrogens is 306 g/mol. The number of phenolic OH excluding ortho intramolecular Hbond substituents is 1. The summed E-state index contributed by atoms with van der Waals surface area (Å²) in [7, 11) is 1.65. The first-order chi connectivity index (χ1) is 9.15. The molecular formula is C15H12BrNO2. The molecule has 0 fully saturated rings. The number of halogens is 1. The zero-order chi connectivity index (χ0) is 13.8. The molecule has 1 N–H and O–H groups in total. The third kappa shape index (κ3) is 2.95. The number of phenols is 1. The fourth-order valence-electron chi connectivity index (χ4n) is 1.83. The molecule has 3 nitrogen and oxygen atoms in total. The maximum atomic E-state index is 10.1. The Kier molecular flexibility index (Phi) is 4.20. The van der Waals surface area contributed by atoms with Crippen LogP contribution in [0.15, 0.2) is 40.9 Å². The monoisotopic (exact) mass is 317 g/mol. The molecule has 0 unspecified atom stereocenters. The Hall–Kier alpha value is -1.83. The summed E-state index contributed by atoms with van der Waals surface area (Å²) in [6.07, 6.45) is 0. The van der Waals surface area contributed by atoms with Crippen molar-refractivity contribution < 1.29 is 9.84 Å². The van der Waals surface area contributed by atoms with Crippen LogP contribution < -0.4 is 0 Å². The molecule has 0 heterocycles. The minimum atomic E-state index is 0.137. The molecule has 96 valence electrons. The van der Waals surface area contributed by atoms with E-state index in [4.69, 9.17) is 10.00 Å². The first kappa shape index (κ1) is 13.6. The average Bonchev–Trinajstić information content (AvgIpc) is 2.43. The first-order valence-corrected chi connectivity index (χ1v) is 6.46. The van der Waals surface area contributed by atoms with Gasteiger partial charge in [-0.05, 0) is 39.2 Å². The molecule has 0 aliphatic carbocycles. The summed E-state index contributed by atoms with van der Waals surface area (Å²) in [5.74, 6) is 0.137. The molecule has 0 bridgehead atoms. The quantitative estimate of drug-likeness (QED) is 0.935. The SMILES string of the molecule is COCc1ccc(-c2cc(C#N)cc(Br)c2O)cc1. The van der Waals surface area contributed by atoms with Crippen LogP contribution in [0.5, 0.6) is 5.75 Å². The van der Waals surface area contributed by atoms with Gasteiger partial charge in [-0.15, -0.1) is 0 Å². The van der Waals surface area contributed by atoms with Crippen LogP contribution in [0.4, 0.5) is 0 Å². The molecule has 0 aromatic heterocycles. The smallest absolute Gasteiger partial charge is 0.137 e. The first-order valence-electron chi connectivity index (χ1n) is 5.66. The van der Waals surface area contributed by atoms with Crippen molar-refractivity contribution >= 4 is 15.9 Å². The summed E-state index contributed by atoms with van der Waals surface area (Å²) in [6, 6.07) is 13.0. The van der Waals surface area contributed by atoms with E-state index in [-0.39, 0.29) is 5.75 Å². The van der Waals surface area contributed by atoms with Gasteiger partial charge >= 0.3 is 0 Å². The standard InChI is InChI=1S/C15H12BrNO2/c1-19-9-10-2-4-12(5-3-10)13-6-11(8-17)7-14(16)15(13)18/h2-7,18H,9H2,1H3. The Balaban J connectivity index is 2.46. The molecule has 2 aromatic rings. The van der Waals surface area contributed by atoms with Gasteiger partial charge < -0.3 is 9.84 Å². The molecule has 0 aliphatic rings. The lowest BCUT2D eigenvalue weighted by molar-refractivity contribution is 0.185. The van der Waals surface area contributed by atoms with Crippen LogP contribution in [0.3, 0.4) is 0 Å². The molecule has 19 heavy (non-hydrogen) atoms. The Labute approximate surface area is 120 Å². The summed E-state index contributed by atoms with van der Waals surface area (Å²) < 4.78 is 5.57. The van der Waals surface area contributed by atoms with Crippen molar-refractivity contribution in [2.45, 2.75) is 6.61 Å². The van der Waals surface area contributed by atoms with Crippen molar-refractivity contribution in [2.24, 2.45) is 0 Å². The molecule has 0 spiro atoms. The Morgan fingerprint density at radius 2 is 1.95 bits per heavy atom. The topological polar surface area (TPSA) is 53.2 Å². The van der Waals surface area contributed by atoms with Crippen molar-refractivity contribution in [1.82, 2.24) is 0 Å². The van der Waals surface area contributed by atoms with Gasteiger partial charge in [-0.2, -0.15) is 5.26 Å². The van der Waals surface area contributed by atoms with E-state index in [1.165, 1.54) is 0 Å². The van der Waals surface area contributed by atoms with Gasteiger partial charge in [-0.3, -0.25) is 0 Å². The van der Waals surface area contributed by atoms with E-state index >= 15 is 0 Å². The highest BCUT2D eigenvalue weighted by Crippen LogP contribution is 2.36. The van der Waals surface area contributed by atoms with Gasteiger partial charge in [0.15, 0.2) is 0 Å². The van der Waals surface area contributed by atoms with Crippen molar-refractivity contribution in [3.8, 4) is 22.9 Å². The van der Waals surface area contributed by atoms with Gasteiger partial charge in [0.2, 0.25) is 0 Å². The molecule has 0 saturated heterocycles. The molecule has 0 amide bonds. The third-order valence-electron chi connectivity index (χ3n) is 2.77. The molecule has 0 aliphatic heterocycles. The summed E-state index contributed by atoms with van der Waals surface area (Å²) in [6.45, 7) is 0.550. The molecule has 2 rings (SSSR count). The van der Waals surface area contributed by atoms with E-state index in [9.17, 15) is 5.11 Å². The minimum absolute atomic E-state index is 0.137. The summed E-state index contributed by atoms with van der Waals surface area (Å²) in [4.78, 5) is 0. The predicted octanol–water partition coefficient (Wildman–Crippen LogP) is 3.84. The average molecular weight is 318 g/mol. The number of benzene rings is 2. The van der Waals surface area contributed by atoms with Gasteiger partial charge in [0.05, 0.1) is 22.7 Å². The lowest BCUT2D eigenvalue weighted by Crippen LogP contribution is -1.88. The fraction of sp³-hybridized carbons (Fsp3) is 0.133. The van der Waals surface area contributed by atoms with Crippen LogP contribution in [0.25, 0.3) is 11.1 Å². The number of methoxy groups -OCH3 is 1. The zero-order valence-electron chi connectivity index (χ0n) is 10.4. The van der Waals surface area contributed by atoms with E-state index in [1.807, 2.05) is 24.3 Å². The van der Waals surface area contributed by atoms with E-state index in [0.717, 1.165) is 11.1 Å². The van der Waals surface area contributed by atoms with Crippen LogP contribution in [-0.2, 0) is 11.3 Å². The number of hydrogen-bond acceptors (Lipinski definition) is 3. The summed E-state index contributed by atoms with van der Waals surface area (Å²) >= 11 is 3.25. The number of rotatable bonds is 3. The van der Waals surface area contributed by atoms with Crippen LogP contribution in [0.1, 0.15) is 11.1 Å². The van der Waals surface area contributed by atoms with Crippen molar-refractivity contribution in [1.29, 1.82) is 5.26 Å². The van der Waals surface area contributed by atoms with E-state index < -0.39 is 0 Å². The highest BCUT2D eigenvalue weighted by molar-refractivity contribution is 9.10. The van der Waals surface area contributed by atoms with Crippen molar-refractivity contribution in [2.75, 3.05) is 7.11 Å². The van der Waals surface area contributed by atoms with Crippen LogP contribution in [0.2, 0.25) is 0 Å². The second-order valence-electron chi connectivity index (χ2n) is 4.10. The Morgan fingerprint density at radius 1 is 1.26 bits per heavy atom. The number of aromatic hydroxyl groups is 1. The van der Waals surface area contributed by atoms with Gasteiger partial charge in [0.1, 0.15) is 5.75 Å². The molecule has 4 heteroatoms. The van der Waals surface area contributed by atoms with Crippen molar-refractivity contribution in [3.63, 3.8) is 0 Å². The maximum absolute atomic E-state index is 10.1. The Bertz CT molecular complexity index is 630. The van der Waals surface area contributed by atoms with Gasteiger partial charge in [0, 0.05) is 12.7 Å². The number of nitriles is 1. The zero-order valence-corrected chi connectivity index (χ0v) is 11.9. The number of hydrogen-bond donors (Lipinski definition) is 1. The number of ether oxygens (including phenoxy) is 1. The third-order valence-corrected chi connectivity index (χ3v) is 3.37. The van der Waals surface area contributed by atoms with Gasteiger partial charge in [-0.25, -0.2) is 0 Å². The highest BCUT2D eigenvalue weighted by atomic mass is 79.9. The van der Waals surface area contributed by atoms with Crippen LogP contribution >= 0.6 is 15.9 Å². The predicted molar refractivity (Wildman–Crippen MR) is 76.7 cm³/mol. The highest BCUT2D eigenvalue weighted by Gasteiger charge is 2.10. The second kappa shape index (κ2) is 5.87. The Morgan fingerprint density at radius 3 is 2.53 bits per heavy atom. The maximum Gasteiger partial charge on any atom is 0.137 e. The normalized spacial score (nSPS) is 10.2.